The van der Waals surface area contributed by atoms with Crippen molar-refractivity contribution < 1.29 is 4.74 Å². The lowest BCUT2D eigenvalue weighted by Crippen LogP contribution is -2.33. The van der Waals surface area contributed by atoms with Crippen LogP contribution in [-0.4, -0.2) is 46.9 Å². The van der Waals surface area contributed by atoms with Crippen LogP contribution in [0.2, 0.25) is 0 Å². The molecule has 0 aliphatic carbocycles. The lowest BCUT2D eigenvalue weighted by atomic mass is 10.2. The number of aryl methyl sites for hydroxylation is 1. The minimum Gasteiger partial charge on any atom is -0.378 e. The predicted octanol–water partition coefficient (Wildman–Crippen LogP) is 0.367. The Bertz CT molecular complexity index is 552. The minimum atomic E-state index is 0.172. The summed E-state index contributed by atoms with van der Waals surface area (Å²) in [5.41, 5.74) is 1.98. The number of nitrogens with zero attached hydrogens (tertiary/aromatic N) is 3. The molecule has 1 saturated heterocycles. The fourth-order valence-corrected chi connectivity index (χ4v) is 2.39. The topological polar surface area (TPSA) is 64.0 Å². The van der Waals surface area contributed by atoms with Crippen LogP contribution < -0.4 is 10.6 Å². The van der Waals surface area contributed by atoms with Gasteiger partial charge in [-0.05, 0) is 6.07 Å². The van der Waals surface area contributed by atoms with Gasteiger partial charge in [0.25, 0.3) is 0 Å². The van der Waals surface area contributed by atoms with Crippen LogP contribution in [0.25, 0.3) is 11.0 Å². The van der Waals surface area contributed by atoms with Gasteiger partial charge in [0.05, 0.1) is 24.0 Å². The van der Waals surface area contributed by atoms with E-state index in [-0.39, 0.29) is 12.1 Å². The first kappa shape index (κ1) is 11.4. The number of fused-ring (bicyclic) bond motifs is 1. The normalized spacial score (nSPS) is 23.7. The molecule has 1 aliphatic heterocycles. The quantitative estimate of drug-likeness (QED) is 0.820. The van der Waals surface area contributed by atoms with E-state index in [9.17, 15) is 0 Å². The number of pyridine rings is 1. The molecule has 2 N–H and O–H groups in total. The highest BCUT2D eigenvalue weighted by molar-refractivity contribution is 5.85. The largest absolute Gasteiger partial charge is 0.378 e. The van der Waals surface area contributed by atoms with Gasteiger partial charge in [0.15, 0.2) is 5.82 Å². The van der Waals surface area contributed by atoms with Gasteiger partial charge in [0, 0.05) is 33.4 Å². The second kappa shape index (κ2) is 4.55. The summed E-state index contributed by atoms with van der Waals surface area (Å²) >= 11 is 0. The first-order chi connectivity index (χ1) is 8.79. The first-order valence-electron chi connectivity index (χ1n) is 6.05. The van der Waals surface area contributed by atoms with Gasteiger partial charge in [-0.3, -0.25) is 0 Å². The summed E-state index contributed by atoms with van der Waals surface area (Å²) in [5.74, 6) is 0.823. The molecule has 1 fully saturated rings. The Morgan fingerprint density at radius 1 is 1.44 bits per heavy atom. The second-order valence-electron chi connectivity index (χ2n) is 4.57. The number of anilines is 1. The van der Waals surface area contributed by atoms with Crippen LogP contribution >= 0.6 is 0 Å². The van der Waals surface area contributed by atoms with Crippen LogP contribution in [-0.2, 0) is 11.8 Å². The average Bonchev–Trinajstić information content (AvgIpc) is 2.98. The van der Waals surface area contributed by atoms with Gasteiger partial charge in [-0.25, -0.2) is 9.97 Å². The molecule has 0 spiro atoms. The molecule has 1 unspecified atom stereocenters. The van der Waals surface area contributed by atoms with E-state index in [0.717, 1.165) is 29.9 Å². The van der Waals surface area contributed by atoms with Crippen LogP contribution in [0.4, 0.5) is 5.82 Å². The number of hydrogen-bond acceptors (Lipinski definition) is 5. The molecular formula is C12H17N5O. The molecule has 96 valence electrons. The fourth-order valence-electron chi connectivity index (χ4n) is 2.39. The summed E-state index contributed by atoms with van der Waals surface area (Å²) in [5, 5.41) is 6.73. The molecule has 0 radical (unpaired) electrons. The van der Waals surface area contributed by atoms with Gasteiger partial charge in [-0.1, -0.05) is 0 Å². The van der Waals surface area contributed by atoms with Gasteiger partial charge >= 0.3 is 0 Å². The van der Waals surface area contributed by atoms with Crippen molar-refractivity contribution in [2.75, 3.05) is 25.5 Å². The van der Waals surface area contributed by atoms with E-state index < -0.39 is 0 Å². The Hall–Kier alpha value is -1.66. The Morgan fingerprint density at radius 2 is 2.33 bits per heavy atom. The van der Waals surface area contributed by atoms with E-state index in [1.807, 2.05) is 17.7 Å². The SMILES string of the molecule is CO[C@H]1CNCC1Nc1nccc2c1ncn2C. The maximum absolute atomic E-state index is 5.43. The van der Waals surface area contributed by atoms with Crippen molar-refractivity contribution in [2.24, 2.45) is 7.05 Å². The summed E-state index contributed by atoms with van der Waals surface area (Å²) in [7, 11) is 3.72. The molecule has 2 aromatic heterocycles. The molecule has 6 nitrogen and oxygen atoms in total. The molecule has 6 heteroatoms. The highest BCUT2D eigenvalue weighted by Gasteiger charge is 2.27. The smallest absolute Gasteiger partial charge is 0.154 e. The van der Waals surface area contributed by atoms with Crippen molar-refractivity contribution in [3.8, 4) is 0 Å². The van der Waals surface area contributed by atoms with E-state index in [0.29, 0.717) is 0 Å². The molecule has 18 heavy (non-hydrogen) atoms. The minimum absolute atomic E-state index is 0.172. The highest BCUT2D eigenvalue weighted by atomic mass is 16.5. The maximum Gasteiger partial charge on any atom is 0.154 e. The fraction of sp³-hybridized carbons (Fsp3) is 0.500. The van der Waals surface area contributed by atoms with E-state index in [1.54, 1.807) is 19.6 Å². The predicted molar refractivity (Wildman–Crippen MR) is 69.6 cm³/mol. The Balaban J connectivity index is 1.90. The van der Waals surface area contributed by atoms with Crippen molar-refractivity contribution in [3.05, 3.63) is 18.6 Å². The summed E-state index contributed by atoms with van der Waals surface area (Å²) < 4.78 is 7.42. The monoisotopic (exact) mass is 247 g/mol. The average molecular weight is 247 g/mol. The molecule has 2 atom stereocenters. The van der Waals surface area contributed by atoms with Crippen molar-refractivity contribution in [3.63, 3.8) is 0 Å². The zero-order valence-electron chi connectivity index (χ0n) is 10.6. The number of hydrogen-bond donors (Lipinski definition) is 2. The summed E-state index contributed by atoms with van der Waals surface area (Å²) in [4.78, 5) is 8.77. The molecule has 0 saturated carbocycles. The van der Waals surface area contributed by atoms with Crippen molar-refractivity contribution in [2.45, 2.75) is 12.1 Å². The summed E-state index contributed by atoms with van der Waals surface area (Å²) in [6, 6.07) is 2.20. The molecule has 2 aromatic rings. The van der Waals surface area contributed by atoms with Crippen molar-refractivity contribution >= 4 is 16.9 Å². The molecule has 0 bridgehead atoms. The third-order valence-electron chi connectivity index (χ3n) is 3.43. The highest BCUT2D eigenvalue weighted by Crippen LogP contribution is 2.20. The van der Waals surface area contributed by atoms with Gasteiger partial charge in [0.1, 0.15) is 5.52 Å². The number of nitrogens with one attached hydrogen (secondary N) is 2. The van der Waals surface area contributed by atoms with Crippen LogP contribution in [0.15, 0.2) is 18.6 Å². The molecule has 0 aromatic carbocycles. The molecule has 3 rings (SSSR count). The van der Waals surface area contributed by atoms with Gasteiger partial charge in [-0.2, -0.15) is 0 Å². The van der Waals surface area contributed by atoms with Crippen molar-refractivity contribution in [1.29, 1.82) is 0 Å². The number of methoxy groups -OCH3 is 1. The second-order valence-corrected chi connectivity index (χ2v) is 4.57. The number of aromatic nitrogens is 3. The molecule has 0 amide bonds. The first-order valence-corrected chi connectivity index (χ1v) is 6.05. The van der Waals surface area contributed by atoms with Crippen LogP contribution in [0.5, 0.6) is 0 Å². The summed E-state index contributed by atoms with van der Waals surface area (Å²) in [6.45, 7) is 1.75. The lowest BCUT2D eigenvalue weighted by molar-refractivity contribution is 0.111. The number of ether oxygens (including phenoxy) is 1. The third-order valence-corrected chi connectivity index (χ3v) is 3.43. The Morgan fingerprint density at radius 3 is 3.17 bits per heavy atom. The third kappa shape index (κ3) is 1.83. The van der Waals surface area contributed by atoms with Gasteiger partial charge in [-0.15, -0.1) is 0 Å². The Labute approximate surface area is 105 Å². The molecule has 1 aliphatic rings. The molecule has 3 heterocycles. The summed E-state index contributed by atoms with van der Waals surface area (Å²) in [6.07, 6.45) is 3.78. The van der Waals surface area contributed by atoms with Gasteiger partial charge in [0.2, 0.25) is 0 Å². The molecular weight excluding hydrogens is 230 g/mol. The van der Waals surface area contributed by atoms with Crippen molar-refractivity contribution in [1.82, 2.24) is 19.9 Å². The standard InChI is InChI=1S/C12H17N5O/c1-17-7-15-11-9(17)3-4-14-12(11)16-8-5-13-6-10(8)18-2/h3-4,7-8,10,13H,5-6H2,1-2H3,(H,14,16)/t8?,10-/m0/s1. The van der Waals surface area contributed by atoms with E-state index >= 15 is 0 Å². The zero-order chi connectivity index (χ0) is 12.5. The van der Waals surface area contributed by atoms with Crippen LogP contribution in [0.1, 0.15) is 0 Å². The lowest BCUT2D eigenvalue weighted by Gasteiger charge is -2.19. The van der Waals surface area contributed by atoms with Crippen LogP contribution in [0, 0.1) is 0 Å². The number of imidazole rings is 1. The number of rotatable bonds is 3. The van der Waals surface area contributed by atoms with E-state index in [4.69, 9.17) is 4.74 Å². The van der Waals surface area contributed by atoms with Gasteiger partial charge < -0.3 is 19.9 Å². The maximum atomic E-state index is 5.43. The zero-order valence-corrected chi connectivity index (χ0v) is 10.6. The van der Waals surface area contributed by atoms with E-state index in [1.165, 1.54) is 0 Å². The van der Waals surface area contributed by atoms with Crippen LogP contribution in [0.3, 0.4) is 0 Å². The van der Waals surface area contributed by atoms with E-state index in [2.05, 4.69) is 20.6 Å². The Kier molecular flexibility index (Phi) is 2.89.